The molecule has 1 aromatic rings. The van der Waals surface area contributed by atoms with Gasteiger partial charge in [-0.3, -0.25) is 0 Å². The third-order valence-electron chi connectivity index (χ3n) is 2.59. The first-order valence-corrected chi connectivity index (χ1v) is 5.04. The number of benzene rings is 1. The van der Waals surface area contributed by atoms with Crippen LogP contribution in [0.1, 0.15) is 25.3 Å². The molecular weight excluding hydrogens is 254 g/mol. The van der Waals surface area contributed by atoms with Crippen molar-refractivity contribution < 1.29 is 90.0 Å². The third-order valence-corrected chi connectivity index (χ3v) is 2.59. The van der Waals surface area contributed by atoms with Crippen molar-refractivity contribution in [2.75, 3.05) is 0 Å². The van der Waals surface area contributed by atoms with Crippen LogP contribution in [0.5, 0.6) is 0 Å². The summed E-state index contributed by atoms with van der Waals surface area (Å²) >= 11 is 0. The minimum absolute atomic E-state index is 0. The van der Waals surface area contributed by atoms with E-state index in [0.717, 1.165) is 0 Å². The summed E-state index contributed by atoms with van der Waals surface area (Å²) in [6.07, 6.45) is 0.374. The van der Waals surface area contributed by atoms with Crippen LogP contribution < -0.4 is 80.5 Å². The van der Waals surface area contributed by atoms with E-state index in [1.165, 1.54) is 12.1 Å². The minimum Gasteiger partial charge on any atom is -0.549 e. The van der Waals surface area contributed by atoms with Crippen LogP contribution in [0.2, 0.25) is 0 Å². The minimum atomic E-state index is -2.05. The second-order valence-electron chi connectivity index (χ2n) is 3.60. The summed E-state index contributed by atoms with van der Waals surface area (Å²) < 4.78 is 0. The molecule has 0 atom stereocenters. The first-order chi connectivity index (χ1) is 7.55. The van der Waals surface area contributed by atoms with Gasteiger partial charge in [-0.2, -0.15) is 0 Å². The zero-order chi connectivity index (χ0) is 12.2. The summed E-state index contributed by atoms with van der Waals surface area (Å²) in [7, 11) is 0. The number of rotatable bonds is 5. The number of carboxylic acid groups (broad SMARTS) is 2. The van der Waals surface area contributed by atoms with Gasteiger partial charge in [-0.25, -0.2) is 0 Å². The van der Waals surface area contributed by atoms with Crippen LogP contribution in [0.4, 0.5) is 0 Å². The van der Waals surface area contributed by atoms with Crippen molar-refractivity contribution >= 4 is 11.9 Å². The number of aliphatic carboxylic acids is 2. The van der Waals surface area contributed by atoms with Crippen molar-refractivity contribution in [3.8, 4) is 0 Å². The normalized spacial score (nSPS) is 9.83. The molecule has 0 aliphatic rings. The first kappa shape index (κ1) is 20.7. The van der Waals surface area contributed by atoms with Crippen LogP contribution in [0.15, 0.2) is 30.3 Å². The van der Waals surface area contributed by atoms with E-state index in [2.05, 4.69) is 0 Å². The molecule has 1 aromatic carbocycles. The Balaban J connectivity index is 0. The van der Waals surface area contributed by atoms with E-state index in [-0.39, 0.29) is 82.2 Å². The fraction of sp³-hybridized carbons (Fsp3) is 0.333. The second kappa shape index (κ2) is 9.32. The summed E-state index contributed by atoms with van der Waals surface area (Å²) in [5, 5.41) is 22.2. The van der Waals surface area contributed by atoms with Crippen molar-refractivity contribution in [3.05, 3.63) is 35.9 Å². The molecule has 0 unspecified atom stereocenters. The molecule has 86 valence electrons. The van der Waals surface area contributed by atoms with E-state index >= 15 is 0 Å². The summed E-state index contributed by atoms with van der Waals surface area (Å²) in [4.78, 5) is 22.2. The van der Waals surface area contributed by atoms with Gasteiger partial charge in [-0.1, -0.05) is 43.7 Å². The zero-order valence-electron chi connectivity index (χ0n) is 10.9. The average molecular weight is 266 g/mol. The number of carbonyl (C=O) groups excluding carboxylic acids is 2. The Hall–Kier alpha value is 0.394. The van der Waals surface area contributed by atoms with E-state index in [9.17, 15) is 19.8 Å². The molecule has 0 fully saturated rings. The van der Waals surface area contributed by atoms with Crippen molar-refractivity contribution in [2.45, 2.75) is 25.2 Å². The van der Waals surface area contributed by atoms with E-state index < -0.39 is 17.4 Å². The van der Waals surface area contributed by atoms with Crippen molar-refractivity contribution in [1.29, 1.82) is 0 Å². The molecule has 0 spiro atoms. The van der Waals surface area contributed by atoms with E-state index in [0.29, 0.717) is 6.42 Å². The van der Waals surface area contributed by atoms with Gasteiger partial charge >= 0.3 is 70.2 Å². The Morgan fingerprint density at radius 3 is 1.89 bits per heavy atom. The largest absolute Gasteiger partial charge is 1.00 e. The molecule has 0 aliphatic carbocycles. The molecule has 0 bridgehead atoms. The summed E-state index contributed by atoms with van der Waals surface area (Å²) in [5.41, 5.74) is -1.85. The molecule has 0 saturated heterocycles. The number of hydrogen-bond acceptors (Lipinski definition) is 4. The summed E-state index contributed by atoms with van der Waals surface area (Å²) in [6.45, 7) is 1.71. The van der Waals surface area contributed by atoms with Crippen LogP contribution in [0.25, 0.3) is 0 Å². The molecule has 1 rings (SSSR count). The van der Waals surface area contributed by atoms with Crippen LogP contribution in [0, 0.1) is 0 Å². The Bertz CT molecular complexity index is 380. The van der Waals surface area contributed by atoms with Gasteiger partial charge in [0.2, 0.25) is 0 Å². The van der Waals surface area contributed by atoms with Gasteiger partial charge in [0.15, 0.2) is 0 Å². The van der Waals surface area contributed by atoms with E-state index in [1.807, 2.05) is 0 Å². The van der Waals surface area contributed by atoms with Gasteiger partial charge < -0.3 is 19.8 Å². The Kier molecular flexibility index (Phi) is 10.7. The van der Waals surface area contributed by atoms with E-state index in [4.69, 9.17) is 0 Å². The van der Waals surface area contributed by atoms with Crippen molar-refractivity contribution in [3.63, 3.8) is 0 Å². The fourth-order valence-corrected chi connectivity index (χ4v) is 1.77. The van der Waals surface area contributed by atoms with Gasteiger partial charge in [0.25, 0.3) is 0 Å². The standard InChI is InChI=1S/C12H14O4.K.Li/c1-2-8-12(10(13)14,11(15)16)9-6-4-3-5-7-9;;/h3-7H,2,8H2,1H3,(H,13,14)(H,15,16);;/q;2*+1/p-2. The number of carboxylic acids is 2. The third kappa shape index (κ3) is 4.21. The number of hydrogen-bond donors (Lipinski definition) is 0. The van der Waals surface area contributed by atoms with Gasteiger partial charge in [-0.05, 0) is 12.0 Å². The van der Waals surface area contributed by atoms with Gasteiger partial charge in [0.1, 0.15) is 0 Å². The van der Waals surface area contributed by atoms with Crippen LogP contribution >= 0.6 is 0 Å². The van der Waals surface area contributed by atoms with Crippen LogP contribution in [-0.4, -0.2) is 11.9 Å². The van der Waals surface area contributed by atoms with E-state index in [1.54, 1.807) is 25.1 Å². The monoisotopic (exact) mass is 266 g/mol. The topological polar surface area (TPSA) is 80.3 Å². The second-order valence-corrected chi connectivity index (χ2v) is 3.60. The quantitative estimate of drug-likeness (QED) is 0.392. The van der Waals surface area contributed by atoms with Crippen LogP contribution in [-0.2, 0) is 15.0 Å². The Morgan fingerprint density at radius 2 is 1.56 bits per heavy atom. The average Bonchev–Trinajstić information content (AvgIpc) is 2.26. The zero-order valence-corrected chi connectivity index (χ0v) is 14.1. The molecule has 0 amide bonds. The predicted octanol–water partition coefficient (Wildman–Crippen LogP) is -6.77. The molecule has 0 aliphatic heterocycles. The predicted molar refractivity (Wildman–Crippen MR) is 53.0 cm³/mol. The summed E-state index contributed by atoms with van der Waals surface area (Å²) in [6, 6.07) is 7.78. The molecular formula is C12H12KLiO4. The maximum Gasteiger partial charge on any atom is 1.00 e. The molecule has 0 heterocycles. The van der Waals surface area contributed by atoms with Gasteiger partial charge in [0, 0.05) is 0 Å². The maximum atomic E-state index is 11.1. The van der Waals surface area contributed by atoms with Gasteiger partial charge in [0.05, 0.1) is 17.4 Å². The Morgan fingerprint density at radius 1 is 1.11 bits per heavy atom. The first-order valence-electron chi connectivity index (χ1n) is 5.04. The SMILES string of the molecule is CCCC(C(=O)[O-])(C(=O)[O-])c1ccccc1.[K+].[Li+]. The smallest absolute Gasteiger partial charge is 0.549 e. The van der Waals surface area contributed by atoms with Crippen molar-refractivity contribution in [1.82, 2.24) is 0 Å². The van der Waals surface area contributed by atoms with Gasteiger partial charge in [-0.15, -0.1) is 0 Å². The molecule has 0 aromatic heterocycles. The molecule has 0 N–H and O–H groups in total. The molecule has 18 heavy (non-hydrogen) atoms. The Labute approximate surface area is 161 Å². The maximum absolute atomic E-state index is 11.1. The fourth-order valence-electron chi connectivity index (χ4n) is 1.77. The molecule has 0 radical (unpaired) electrons. The van der Waals surface area contributed by atoms with Crippen LogP contribution in [0.3, 0.4) is 0 Å². The molecule has 6 heteroatoms. The molecule has 4 nitrogen and oxygen atoms in total. The summed E-state index contributed by atoms with van der Waals surface area (Å²) in [5.74, 6) is -3.25. The number of carbonyl (C=O) groups is 2. The van der Waals surface area contributed by atoms with Crippen molar-refractivity contribution in [2.24, 2.45) is 0 Å². The molecule has 0 saturated carbocycles.